The summed E-state index contributed by atoms with van der Waals surface area (Å²) >= 11 is 5.97. The molecule has 3 atom stereocenters. The Balaban J connectivity index is 1.52. The molecular weight excluding hydrogens is 414 g/mol. The number of benzene rings is 1. The Morgan fingerprint density at radius 1 is 1.13 bits per heavy atom. The number of hydrogen-bond acceptors (Lipinski definition) is 5. The number of urea groups is 1. The molecule has 0 bridgehead atoms. The van der Waals surface area contributed by atoms with Crippen LogP contribution in [0.25, 0.3) is 5.69 Å². The Kier molecular flexibility index (Phi) is 5.82. The summed E-state index contributed by atoms with van der Waals surface area (Å²) in [6.07, 6.45) is 5.38. The highest BCUT2D eigenvalue weighted by Gasteiger charge is 2.40. The van der Waals surface area contributed by atoms with E-state index in [1.165, 1.54) is 0 Å². The van der Waals surface area contributed by atoms with Crippen LogP contribution in [0.3, 0.4) is 0 Å². The fraction of sp³-hybridized carbons (Fsp3) is 0.364. The van der Waals surface area contributed by atoms with Crippen molar-refractivity contribution in [2.75, 3.05) is 10.2 Å². The second kappa shape index (κ2) is 8.55. The lowest BCUT2D eigenvalue weighted by Crippen LogP contribution is -2.40. The zero-order valence-electron chi connectivity index (χ0n) is 18.0. The lowest BCUT2D eigenvalue weighted by atomic mass is 9.98. The van der Waals surface area contributed by atoms with Crippen molar-refractivity contribution >= 4 is 29.4 Å². The van der Waals surface area contributed by atoms with Crippen molar-refractivity contribution in [1.82, 2.24) is 24.8 Å². The lowest BCUT2D eigenvalue weighted by molar-refractivity contribution is 0.250. The summed E-state index contributed by atoms with van der Waals surface area (Å²) in [6.45, 7) is 8.22. The highest BCUT2D eigenvalue weighted by atomic mass is 35.5. The molecule has 31 heavy (non-hydrogen) atoms. The molecule has 1 fully saturated rings. The zero-order valence-corrected chi connectivity index (χ0v) is 18.7. The van der Waals surface area contributed by atoms with Crippen molar-refractivity contribution in [3.63, 3.8) is 0 Å². The van der Waals surface area contributed by atoms with Gasteiger partial charge in [-0.3, -0.25) is 4.90 Å². The zero-order chi connectivity index (χ0) is 22.1. The molecular formula is C22H26ClN7O. The molecule has 2 aromatic heterocycles. The van der Waals surface area contributed by atoms with E-state index in [9.17, 15) is 4.79 Å². The van der Waals surface area contributed by atoms with Gasteiger partial charge in [-0.1, -0.05) is 25.4 Å². The minimum atomic E-state index is -0.134. The minimum absolute atomic E-state index is 0.0303. The van der Waals surface area contributed by atoms with Gasteiger partial charge in [-0.25, -0.2) is 14.8 Å². The summed E-state index contributed by atoms with van der Waals surface area (Å²) in [6, 6.07) is 9.14. The number of amides is 2. The molecule has 1 aromatic carbocycles. The van der Waals surface area contributed by atoms with E-state index in [4.69, 9.17) is 11.6 Å². The number of carbonyl (C=O) groups is 1. The third-order valence-electron chi connectivity index (χ3n) is 5.47. The number of hydrogen-bond donors (Lipinski definition) is 2. The number of anilines is 2. The molecule has 0 spiro atoms. The molecule has 0 aliphatic carbocycles. The van der Waals surface area contributed by atoms with E-state index in [-0.39, 0.29) is 30.1 Å². The summed E-state index contributed by atoms with van der Waals surface area (Å²) in [4.78, 5) is 27.7. The van der Waals surface area contributed by atoms with Gasteiger partial charge in [0.15, 0.2) is 0 Å². The number of carbonyl (C=O) groups excluding carboxylic acids is 1. The van der Waals surface area contributed by atoms with Gasteiger partial charge in [0, 0.05) is 29.1 Å². The molecule has 0 radical (unpaired) electrons. The van der Waals surface area contributed by atoms with Crippen molar-refractivity contribution in [3.05, 3.63) is 59.8 Å². The number of halogens is 1. The lowest BCUT2D eigenvalue weighted by Gasteiger charge is -2.27. The minimum Gasteiger partial charge on any atom is -0.346 e. The van der Waals surface area contributed by atoms with Gasteiger partial charge in [0.1, 0.15) is 5.82 Å². The van der Waals surface area contributed by atoms with Gasteiger partial charge in [0.05, 0.1) is 24.1 Å². The molecule has 2 N–H and O–H groups in total. The van der Waals surface area contributed by atoms with E-state index < -0.39 is 0 Å². The number of nitrogens with zero attached hydrogens (tertiary/aromatic N) is 5. The Bertz CT molecular complexity index is 1070. The van der Waals surface area contributed by atoms with Crippen LogP contribution >= 0.6 is 11.6 Å². The maximum Gasteiger partial charge on any atom is 0.323 e. The van der Waals surface area contributed by atoms with E-state index in [0.29, 0.717) is 16.8 Å². The number of nitrogens with one attached hydrogen (secondary N) is 2. The predicted octanol–water partition coefficient (Wildman–Crippen LogP) is 4.43. The van der Waals surface area contributed by atoms with Crippen molar-refractivity contribution < 1.29 is 4.79 Å². The van der Waals surface area contributed by atoms with Crippen LogP contribution in [0.15, 0.2) is 49.1 Å². The second-order valence-electron chi connectivity index (χ2n) is 8.13. The molecule has 0 saturated carbocycles. The molecule has 1 saturated heterocycles. The molecule has 4 rings (SSSR count). The second-order valence-corrected chi connectivity index (χ2v) is 8.57. The van der Waals surface area contributed by atoms with E-state index in [1.807, 2.05) is 48.9 Å². The van der Waals surface area contributed by atoms with Gasteiger partial charge in [0.2, 0.25) is 5.95 Å². The van der Waals surface area contributed by atoms with Gasteiger partial charge >= 0.3 is 6.03 Å². The normalized spacial score (nSPS) is 19.5. The largest absolute Gasteiger partial charge is 0.346 e. The number of imidazole rings is 1. The van der Waals surface area contributed by atoms with Crippen LogP contribution in [0.2, 0.25) is 5.02 Å². The van der Waals surface area contributed by atoms with Crippen LogP contribution in [0, 0.1) is 5.92 Å². The van der Waals surface area contributed by atoms with Crippen molar-refractivity contribution in [2.24, 2.45) is 5.92 Å². The average Bonchev–Trinajstić information content (AvgIpc) is 3.33. The first-order chi connectivity index (χ1) is 14.8. The van der Waals surface area contributed by atoms with Gasteiger partial charge in [0.25, 0.3) is 0 Å². The third kappa shape index (κ3) is 4.34. The first kappa shape index (κ1) is 21.1. The van der Waals surface area contributed by atoms with Gasteiger partial charge in [-0.2, -0.15) is 4.98 Å². The molecule has 1 aliphatic heterocycles. The predicted molar refractivity (Wildman–Crippen MR) is 122 cm³/mol. The molecule has 162 valence electrons. The Morgan fingerprint density at radius 2 is 1.87 bits per heavy atom. The maximum atomic E-state index is 12.5. The van der Waals surface area contributed by atoms with Crippen molar-refractivity contribution in [2.45, 2.75) is 45.8 Å². The molecule has 1 aliphatic rings. The summed E-state index contributed by atoms with van der Waals surface area (Å²) in [5.41, 5.74) is 1.82. The number of aromatic nitrogens is 4. The topological polar surface area (TPSA) is 88.0 Å². The van der Waals surface area contributed by atoms with Crippen LogP contribution in [0.4, 0.5) is 16.6 Å². The third-order valence-corrected chi connectivity index (χ3v) is 5.72. The van der Waals surface area contributed by atoms with Crippen LogP contribution in [-0.2, 0) is 0 Å². The van der Waals surface area contributed by atoms with Crippen molar-refractivity contribution in [1.29, 1.82) is 0 Å². The average molecular weight is 440 g/mol. The Morgan fingerprint density at radius 3 is 2.58 bits per heavy atom. The summed E-state index contributed by atoms with van der Waals surface area (Å²) in [5.74, 6) is 1.31. The molecule has 8 nitrogen and oxygen atoms in total. The summed E-state index contributed by atoms with van der Waals surface area (Å²) in [7, 11) is 0. The van der Waals surface area contributed by atoms with Crippen molar-refractivity contribution in [3.8, 4) is 5.69 Å². The standard InChI is InChI=1S/C22H26ClN7O/c1-13(2)20-15(4)27-22(31)30(20)19-9-10-24-21(28-19)26-14(3)18-11-29(12-25-18)17-7-5-16(23)6-8-17/h5-15,20H,1-4H3,(H,27,31)(H,24,26,28)/t14?,15?,20-/m0/s1. The van der Waals surface area contributed by atoms with Crippen LogP contribution in [0.5, 0.6) is 0 Å². The van der Waals surface area contributed by atoms with Crippen LogP contribution in [0.1, 0.15) is 39.4 Å². The van der Waals surface area contributed by atoms with Gasteiger partial charge in [-0.05, 0) is 50.1 Å². The first-order valence-electron chi connectivity index (χ1n) is 10.3. The monoisotopic (exact) mass is 439 g/mol. The summed E-state index contributed by atoms with van der Waals surface area (Å²) in [5, 5.41) is 6.97. The van der Waals surface area contributed by atoms with Gasteiger partial charge in [-0.15, -0.1) is 0 Å². The fourth-order valence-electron chi connectivity index (χ4n) is 3.98. The van der Waals surface area contributed by atoms with Crippen LogP contribution < -0.4 is 15.5 Å². The van der Waals surface area contributed by atoms with E-state index in [2.05, 4.69) is 39.4 Å². The Hall–Kier alpha value is -3.13. The summed E-state index contributed by atoms with van der Waals surface area (Å²) < 4.78 is 1.93. The maximum absolute atomic E-state index is 12.5. The molecule has 9 heteroatoms. The quantitative estimate of drug-likeness (QED) is 0.593. The highest BCUT2D eigenvalue weighted by molar-refractivity contribution is 6.30. The molecule has 3 aromatic rings. The number of rotatable bonds is 6. The van der Waals surface area contributed by atoms with E-state index in [1.54, 1.807) is 23.5 Å². The van der Waals surface area contributed by atoms with E-state index >= 15 is 0 Å². The van der Waals surface area contributed by atoms with Gasteiger partial charge < -0.3 is 15.2 Å². The first-order valence-corrected chi connectivity index (χ1v) is 10.7. The molecule has 2 amide bonds. The smallest absolute Gasteiger partial charge is 0.323 e. The molecule has 3 heterocycles. The SMILES string of the molecule is CC(Nc1nccc(N2C(=O)NC(C)[C@@H]2C(C)C)n1)c1cn(-c2ccc(Cl)cc2)cn1. The molecule has 2 unspecified atom stereocenters. The van der Waals surface area contributed by atoms with Crippen LogP contribution in [-0.4, -0.2) is 37.6 Å². The fourth-order valence-corrected chi connectivity index (χ4v) is 4.10. The van der Waals surface area contributed by atoms with E-state index in [0.717, 1.165) is 11.4 Å². The Labute approximate surface area is 186 Å². The highest BCUT2D eigenvalue weighted by Crippen LogP contribution is 2.27.